The molecule has 0 aliphatic carbocycles. The fraction of sp³-hybridized carbons (Fsp3) is 0.533. The molecule has 4 nitrogen and oxygen atoms in total. The molecule has 0 aromatic heterocycles. The van der Waals surface area contributed by atoms with Crippen LogP contribution in [-0.2, 0) is 4.79 Å². The number of hydrogen-bond acceptors (Lipinski definition) is 3. The van der Waals surface area contributed by atoms with Crippen LogP contribution in [0.2, 0.25) is 0 Å². The van der Waals surface area contributed by atoms with Gasteiger partial charge in [0.25, 0.3) is 0 Å². The Morgan fingerprint density at radius 1 is 1.29 bits per heavy atom. The predicted octanol–water partition coefficient (Wildman–Crippen LogP) is 2.71. The maximum Gasteiger partial charge on any atom is 0.387 e. The normalized spacial score (nSPS) is 13.8. The van der Waals surface area contributed by atoms with Crippen molar-refractivity contribution in [2.75, 3.05) is 13.1 Å². The van der Waals surface area contributed by atoms with Crippen LogP contribution < -0.4 is 15.4 Å². The first-order valence-electron chi connectivity index (χ1n) is 7.00. The molecule has 2 unspecified atom stereocenters. The van der Waals surface area contributed by atoms with E-state index in [0.29, 0.717) is 12.1 Å². The molecular weight excluding hydrogens is 278 g/mol. The number of nitrogens with one attached hydrogen (secondary N) is 2. The van der Waals surface area contributed by atoms with Gasteiger partial charge in [-0.1, -0.05) is 32.0 Å². The van der Waals surface area contributed by atoms with Crippen LogP contribution in [0.4, 0.5) is 8.78 Å². The van der Waals surface area contributed by atoms with Gasteiger partial charge in [0.1, 0.15) is 5.75 Å². The van der Waals surface area contributed by atoms with Gasteiger partial charge < -0.3 is 15.4 Å². The Balaban J connectivity index is 2.70. The van der Waals surface area contributed by atoms with Crippen LogP contribution in [0.1, 0.15) is 32.4 Å². The SMILES string of the molecule is CCNCC(C)C(=O)NC(C)c1ccccc1OC(F)F. The highest BCUT2D eigenvalue weighted by Gasteiger charge is 2.19. The minimum absolute atomic E-state index is 0.0830. The van der Waals surface area contributed by atoms with Gasteiger partial charge in [-0.15, -0.1) is 0 Å². The summed E-state index contributed by atoms with van der Waals surface area (Å²) in [6.45, 7) is 3.99. The molecule has 6 heteroatoms. The summed E-state index contributed by atoms with van der Waals surface area (Å²) in [6, 6.07) is 6.06. The number of halogens is 2. The van der Waals surface area contributed by atoms with Gasteiger partial charge in [0.2, 0.25) is 5.91 Å². The maximum absolute atomic E-state index is 12.4. The van der Waals surface area contributed by atoms with Crippen molar-refractivity contribution in [3.05, 3.63) is 29.8 Å². The molecule has 0 fully saturated rings. The second-order valence-electron chi connectivity index (χ2n) is 4.86. The van der Waals surface area contributed by atoms with Gasteiger partial charge in [-0.3, -0.25) is 4.79 Å². The molecule has 1 aromatic carbocycles. The third kappa shape index (κ3) is 5.67. The van der Waals surface area contributed by atoms with E-state index in [9.17, 15) is 13.6 Å². The van der Waals surface area contributed by atoms with Gasteiger partial charge in [-0.25, -0.2) is 0 Å². The summed E-state index contributed by atoms with van der Waals surface area (Å²) in [5.74, 6) is -0.245. The largest absolute Gasteiger partial charge is 0.434 e. The Morgan fingerprint density at radius 3 is 2.57 bits per heavy atom. The summed E-state index contributed by atoms with van der Waals surface area (Å²) in [5, 5.41) is 5.91. The summed E-state index contributed by atoms with van der Waals surface area (Å²) < 4.78 is 29.2. The zero-order valence-electron chi connectivity index (χ0n) is 12.5. The molecule has 0 saturated carbocycles. The molecule has 0 saturated heterocycles. The van der Waals surface area contributed by atoms with E-state index in [1.807, 2.05) is 13.8 Å². The van der Waals surface area contributed by atoms with E-state index >= 15 is 0 Å². The summed E-state index contributed by atoms with van der Waals surface area (Å²) in [5.41, 5.74) is 0.529. The predicted molar refractivity (Wildman–Crippen MR) is 77.3 cm³/mol. The summed E-state index contributed by atoms with van der Waals surface area (Å²) >= 11 is 0. The summed E-state index contributed by atoms with van der Waals surface area (Å²) in [7, 11) is 0. The topological polar surface area (TPSA) is 50.4 Å². The molecule has 0 radical (unpaired) electrons. The van der Waals surface area contributed by atoms with Crippen molar-refractivity contribution in [3.63, 3.8) is 0 Å². The Hall–Kier alpha value is -1.69. The van der Waals surface area contributed by atoms with Crippen molar-refractivity contribution in [2.45, 2.75) is 33.4 Å². The summed E-state index contributed by atoms with van der Waals surface area (Å²) in [6.07, 6.45) is 0. The highest BCUT2D eigenvalue weighted by atomic mass is 19.3. The first-order valence-corrected chi connectivity index (χ1v) is 7.00. The van der Waals surface area contributed by atoms with Crippen molar-refractivity contribution in [1.82, 2.24) is 10.6 Å². The van der Waals surface area contributed by atoms with Gasteiger partial charge in [0.15, 0.2) is 0 Å². The maximum atomic E-state index is 12.4. The lowest BCUT2D eigenvalue weighted by molar-refractivity contribution is -0.125. The van der Waals surface area contributed by atoms with Crippen LogP contribution in [0.3, 0.4) is 0 Å². The molecule has 0 bridgehead atoms. The van der Waals surface area contributed by atoms with E-state index < -0.39 is 12.7 Å². The Kier molecular flexibility index (Phi) is 7.08. The second kappa shape index (κ2) is 8.56. The average molecular weight is 300 g/mol. The number of carbonyl (C=O) groups excluding carboxylic acids is 1. The van der Waals surface area contributed by atoms with Crippen LogP contribution in [0, 0.1) is 5.92 Å². The Morgan fingerprint density at radius 2 is 1.95 bits per heavy atom. The van der Waals surface area contributed by atoms with Gasteiger partial charge in [0, 0.05) is 18.0 Å². The fourth-order valence-electron chi connectivity index (χ4n) is 1.93. The van der Waals surface area contributed by atoms with Gasteiger partial charge in [0.05, 0.1) is 6.04 Å². The number of alkyl halides is 2. The number of ether oxygens (including phenoxy) is 1. The van der Waals surface area contributed by atoms with Crippen molar-refractivity contribution in [3.8, 4) is 5.75 Å². The molecule has 0 aliphatic rings. The number of benzene rings is 1. The van der Waals surface area contributed by atoms with E-state index in [4.69, 9.17) is 0 Å². The second-order valence-corrected chi connectivity index (χ2v) is 4.86. The standard InChI is InChI=1S/C15H22F2N2O2/c1-4-18-9-10(2)14(20)19-11(3)12-7-5-6-8-13(12)21-15(16)17/h5-8,10-11,15,18H,4,9H2,1-3H3,(H,19,20). The first-order chi connectivity index (χ1) is 9.95. The first kappa shape index (κ1) is 17.4. The van der Waals surface area contributed by atoms with E-state index in [2.05, 4.69) is 15.4 Å². The lowest BCUT2D eigenvalue weighted by Gasteiger charge is -2.20. The molecule has 1 aromatic rings. The Labute approximate surface area is 123 Å². The molecular formula is C15H22F2N2O2. The molecule has 1 amide bonds. The third-order valence-electron chi connectivity index (χ3n) is 3.11. The fourth-order valence-corrected chi connectivity index (χ4v) is 1.93. The molecule has 21 heavy (non-hydrogen) atoms. The highest BCUT2D eigenvalue weighted by molar-refractivity contribution is 5.79. The summed E-state index contributed by atoms with van der Waals surface area (Å²) in [4.78, 5) is 12.0. The monoisotopic (exact) mass is 300 g/mol. The van der Waals surface area contributed by atoms with E-state index in [1.165, 1.54) is 6.07 Å². The average Bonchev–Trinajstić information content (AvgIpc) is 2.44. The molecule has 2 N–H and O–H groups in total. The molecule has 0 heterocycles. The van der Waals surface area contributed by atoms with E-state index in [0.717, 1.165) is 6.54 Å². The minimum atomic E-state index is -2.89. The van der Waals surface area contributed by atoms with Crippen molar-refractivity contribution < 1.29 is 18.3 Å². The van der Waals surface area contributed by atoms with Crippen LogP contribution in [-0.4, -0.2) is 25.6 Å². The van der Waals surface area contributed by atoms with Crippen LogP contribution in [0.15, 0.2) is 24.3 Å². The zero-order valence-corrected chi connectivity index (χ0v) is 12.5. The van der Waals surface area contributed by atoms with Crippen LogP contribution in [0.25, 0.3) is 0 Å². The van der Waals surface area contributed by atoms with Crippen LogP contribution >= 0.6 is 0 Å². The third-order valence-corrected chi connectivity index (χ3v) is 3.11. The molecule has 118 valence electrons. The van der Waals surface area contributed by atoms with Crippen LogP contribution in [0.5, 0.6) is 5.75 Å². The number of hydrogen-bond donors (Lipinski definition) is 2. The lowest BCUT2D eigenvalue weighted by Crippen LogP contribution is -2.36. The number of carbonyl (C=O) groups is 1. The van der Waals surface area contributed by atoms with Gasteiger partial charge in [-0.05, 0) is 19.5 Å². The van der Waals surface area contributed by atoms with E-state index in [1.54, 1.807) is 25.1 Å². The molecule has 2 atom stereocenters. The van der Waals surface area contributed by atoms with Gasteiger partial charge in [-0.2, -0.15) is 8.78 Å². The Bertz CT molecular complexity index is 455. The van der Waals surface area contributed by atoms with Crippen molar-refractivity contribution >= 4 is 5.91 Å². The minimum Gasteiger partial charge on any atom is -0.434 e. The molecule has 0 aliphatic heterocycles. The number of rotatable bonds is 8. The van der Waals surface area contributed by atoms with Gasteiger partial charge >= 0.3 is 6.61 Å². The highest BCUT2D eigenvalue weighted by Crippen LogP contribution is 2.26. The smallest absolute Gasteiger partial charge is 0.387 e. The zero-order chi connectivity index (χ0) is 15.8. The molecule has 1 rings (SSSR count). The lowest BCUT2D eigenvalue weighted by atomic mass is 10.1. The van der Waals surface area contributed by atoms with Crippen molar-refractivity contribution in [2.24, 2.45) is 5.92 Å². The number of amides is 1. The van der Waals surface area contributed by atoms with Crippen molar-refractivity contribution in [1.29, 1.82) is 0 Å². The quantitative estimate of drug-likeness (QED) is 0.776. The number of para-hydroxylation sites is 1. The molecule has 0 spiro atoms. The van der Waals surface area contributed by atoms with E-state index in [-0.39, 0.29) is 17.6 Å².